The topological polar surface area (TPSA) is 0 Å². The first kappa shape index (κ1) is 19.8. The fourth-order valence-electron chi connectivity index (χ4n) is 0.883. The third-order valence-electron chi connectivity index (χ3n) is 1.34. The van der Waals surface area contributed by atoms with Gasteiger partial charge in [-0.3, -0.25) is 0 Å². The number of halogens is 3. The van der Waals surface area contributed by atoms with Crippen LogP contribution in [-0.2, 0) is 26.2 Å². The molecule has 0 aromatic heterocycles. The van der Waals surface area contributed by atoms with Crippen molar-refractivity contribution in [1.82, 2.24) is 0 Å². The van der Waals surface area contributed by atoms with Gasteiger partial charge in [0.25, 0.3) is 0 Å². The maximum absolute atomic E-state index is 3.26. The molecule has 0 saturated carbocycles. The molecule has 1 radical (unpaired) electrons. The summed E-state index contributed by atoms with van der Waals surface area (Å²) in [5.41, 5.74) is 1.37. The normalized spacial score (nSPS) is 11.4. The van der Waals surface area contributed by atoms with E-state index in [9.17, 15) is 0 Å². The summed E-state index contributed by atoms with van der Waals surface area (Å²) < 4.78 is 1.49. The van der Waals surface area contributed by atoms with E-state index in [0.29, 0.717) is 0 Å². The molecule has 0 aliphatic carbocycles. The van der Waals surface area contributed by atoms with E-state index in [0.717, 1.165) is 0 Å². The van der Waals surface area contributed by atoms with Gasteiger partial charge in [-0.15, -0.1) is 0 Å². The van der Waals surface area contributed by atoms with E-state index in [1.165, 1.54) is 9.91 Å². The van der Waals surface area contributed by atoms with Crippen LogP contribution in [0.25, 0.3) is 6.08 Å². The fourth-order valence-corrected chi connectivity index (χ4v) is 2.50. The van der Waals surface area contributed by atoms with Crippen LogP contribution in [0, 0.1) is 4.86 Å². The van der Waals surface area contributed by atoms with Crippen LogP contribution in [0.1, 0.15) is 5.56 Å². The molecule has 0 nitrogen and oxygen atoms in total. The Morgan fingerprint density at radius 2 is 1.62 bits per heavy atom. The number of benzene rings is 1. The molecule has 67 valence electrons. The van der Waals surface area contributed by atoms with Crippen molar-refractivity contribution in [2.75, 3.05) is 0 Å². The van der Waals surface area contributed by atoms with Gasteiger partial charge in [0.2, 0.25) is 0 Å². The molecule has 0 atom stereocenters. The largest absolute Gasteiger partial charge is 4.00 e. The van der Waals surface area contributed by atoms with Gasteiger partial charge in [-0.05, 0) is 0 Å². The second-order valence-electron chi connectivity index (χ2n) is 1.94. The van der Waals surface area contributed by atoms with Crippen molar-refractivity contribution in [3.8, 4) is 0 Å². The van der Waals surface area contributed by atoms with Crippen LogP contribution in [0.2, 0.25) is 0 Å². The SMILES string of the molecule is [C-]1=Cc2ccccc2[As]1.[Cl-].[Cl-].[Cl-].[Zr+4]. The fraction of sp³-hybridized carbons (Fsp3) is 0. The molecular formula is C8H5AsCl3Zr. The predicted octanol–water partition coefficient (Wildman–Crippen LogP) is -8.19. The van der Waals surface area contributed by atoms with Crippen LogP contribution in [0.3, 0.4) is 0 Å². The van der Waals surface area contributed by atoms with E-state index < -0.39 is 0 Å². The Morgan fingerprint density at radius 1 is 1.00 bits per heavy atom. The summed E-state index contributed by atoms with van der Waals surface area (Å²) in [5, 5.41) is 0. The van der Waals surface area contributed by atoms with E-state index in [4.69, 9.17) is 0 Å². The Morgan fingerprint density at radius 3 is 2.23 bits per heavy atom. The minimum atomic E-state index is 0. The summed E-state index contributed by atoms with van der Waals surface area (Å²) in [4.78, 5) is 3.26. The summed E-state index contributed by atoms with van der Waals surface area (Å²) in [6.45, 7) is 0. The van der Waals surface area contributed by atoms with Crippen molar-refractivity contribution in [3.05, 3.63) is 34.7 Å². The Labute approximate surface area is 123 Å². The maximum Gasteiger partial charge on any atom is 4.00 e. The first-order chi connectivity index (χ1) is 4.47. The van der Waals surface area contributed by atoms with Crippen molar-refractivity contribution in [3.63, 3.8) is 0 Å². The van der Waals surface area contributed by atoms with Crippen molar-refractivity contribution in [2.24, 2.45) is 0 Å². The standard InChI is InChI=1S/C8H5As.3ClH.Zr/c1-2-4-8-7(3-1)5-6-9-8;;;;/h1-5H;3*1H;/q-1;;;;+4/p-3. The molecule has 5 heteroatoms. The van der Waals surface area contributed by atoms with E-state index in [1.54, 1.807) is 0 Å². The molecule has 0 fully saturated rings. The van der Waals surface area contributed by atoms with E-state index in [1.807, 2.05) is 0 Å². The molecule has 1 aliphatic rings. The van der Waals surface area contributed by atoms with E-state index >= 15 is 0 Å². The number of hydrogen-bond acceptors (Lipinski definition) is 0. The Hall–Kier alpha value is 1.27. The molecule has 1 aromatic rings. The monoisotopic (exact) mass is 371 g/mol. The van der Waals surface area contributed by atoms with Gasteiger partial charge in [-0.2, -0.15) is 0 Å². The average Bonchev–Trinajstić information content (AvgIpc) is 2.33. The Bertz CT molecular complexity index is 265. The maximum atomic E-state index is 3.26. The summed E-state index contributed by atoms with van der Waals surface area (Å²) in [6.07, 6.45) is 2.09. The van der Waals surface area contributed by atoms with Crippen molar-refractivity contribution < 1.29 is 63.4 Å². The molecule has 0 saturated heterocycles. The van der Waals surface area contributed by atoms with Gasteiger partial charge in [0.15, 0.2) is 0 Å². The van der Waals surface area contributed by atoms with Gasteiger partial charge in [0.05, 0.1) is 0 Å². The molecule has 1 heterocycles. The van der Waals surface area contributed by atoms with E-state index in [-0.39, 0.29) is 79.2 Å². The minimum absolute atomic E-state index is 0. The zero-order valence-electron chi connectivity index (χ0n) is 6.47. The zero-order chi connectivity index (χ0) is 6.10. The molecule has 0 unspecified atom stereocenters. The van der Waals surface area contributed by atoms with Gasteiger partial charge in [0.1, 0.15) is 0 Å². The second kappa shape index (κ2) is 9.81. The number of fused-ring (bicyclic) bond motifs is 1. The van der Waals surface area contributed by atoms with E-state index in [2.05, 4.69) is 35.2 Å². The smallest absolute Gasteiger partial charge is 1.00 e. The van der Waals surface area contributed by atoms with Crippen LogP contribution in [0.15, 0.2) is 24.3 Å². The van der Waals surface area contributed by atoms with Crippen LogP contribution < -0.4 is 41.6 Å². The third kappa shape index (κ3) is 5.05. The van der Waals surface area contributed by atoms with Gasteiger partial charge in [-0.1, -0.05) is 0 Å². The van der Waals surface area contributed by atoms with Crippen molar-refractivity contribution >= 4 is 26.2 Å². The van der Waals surface area contributed by atoms with Crippen molar-refractivity contribution in [2.45, 2.75) is 0 Å². The molecule has 0 bridgehead atoms. The summed E-state index contributed by atoms with van der Waals surface area (Å²) in [5.74, 6) is 0. The number of rotatable bonds is 0. The first-order valence-electron chi connectivity index (χ1n) is 2.85. The zero-order valence-corrected chi connectivity index (χ0v) is 13.1. The van der Waals surface area contributed by atoms with Crippen LogP contribution >= 0.6 is 0 Å². The van der Waals surface area contributed by atoms with Crippen LogP contribution in [0.4, 0.5) is 0 Å². The summed E-state index contributed by atoms with van der Waals surface area (Å²) >= 11 is 0.247. The molecule has 1 aliphatic heterocycles. The molecule has 0 amide bonds. The predicted molar refractivity (Wildman–Crippen MR) is 39.5 cm³/mol. The average molecular weight is 374 g/mol. The Kier molecular flexibility index (Phi) is 14.9. The molecule has 0 spiro atoms. The summed E-state index contributed by atoms with van der Waals surface area (Å²) in [7, 11) is 0. The quantitative estimate of drug-likeness (QED) is 0.313. The van der Waals surface area contributed by atoms with Gasteiger partial charge in [-0.25, -0.2) is 0 Å². The second-order valence-corrected chi connectivity index (χ2v) is 3.97. The summed E-state index contributed by atoms with van der Waals surface area (Å²) in [6, 6.07) is 8.50. The van der Waals surface area contributed by atoms with Gasteiger partial charge < -0.3 is 37.2 Å². The number of hydrogen-bond donors (Lipinski definition) is 0. The molecule has 0 N–H and O–H groups in total. The van der Waals surface area contributed by atoms with Crippen LogP contribution in [0.5, 0.6) is 0 Å². The van der Waals surface area contributed by atoms with Crippen molar-refractivity contribution in [1.29, 1.82) is 0 Å². The first-order valence-corrected chi connectivity index (χ1v) is 4.73. The Balaban J connectivity index is -0.000000250. The van der Waals surface area contributed by atoms with Gasteiger partial charge in [0, 0.05) is 0 Å². The molecule has 1 aromatic carbocycles. The minimum Gasteiger partial charge on any atom is -1.00 e. The van der Waals surface area contributed by atoms with Gasteiger partial charge >= 0.3 is 87.1 Å². The molecule has 13 heavy (non-hydrogen) atoms. The molecular weight excluding hydrogens is 369 g/mol. The third-order valence-corrected chi connectivity index (χ3v) is 3.24. The molecule has 2 rings (SSSR count). The van der Waals surface area contributed by atoms with Crippen LogP contribution in [-0.4, -0.2) is 15.8 Å².